The van der Waals surface area contributed by atoms with Crippen LogP contribution in [0, 0.1) is 22.8 Å². The number of carbonyl (C=O) groups excluding carboxylic acids is 1. The van der Waals surface area contributed by atoms with Crippen LogP contribution in [0.1, 0.15) is 112 Å². The van der Waals surface area contributed by atoms with E-state index in [-0.39, 0.29) is 47.9 Å². The molecule has 0 aliphatic heterocycles. The van der Waals surface area contributed by atoms with Crippen LogP contribution in [0.25, 0.3) is 32.9 Å². The molecule has 0 bridgehead atoms. The van der Waals surface area contributed by atoms with E-state index in [0.717, 1.165) is 48.9 Å². The second-order valence-corrected chi connectivity index (χ2v) is 14.1. The third-order valence-corrected chi connectivity index (χ3v) is 10.6. The van der Waals surface area contributed by atoms with Gasteiger partial charge in [0.25, 0.3) is 0 Å². The van der Waals surface area contributed by atoms with Gasteiger partial charge in [-0.2, -0.15) is 0 Å². The van der Waals surface area contributed by atoms with Gasteiger partial charge in [0.1, 0.15) is 5.76 Å². The maximum Gasteiger partial charge on any atom is 0.164 e. The second kappa shape index (κ2) is 14.3. The summed E-state index contributed by atoms with van der Waals surface area (Å²) in [4.78, 5) is 17.4. The molecular formula is C41H52IrNO2-. The molecule has 0 fully saturated rings. The number of ketones is 1. The number of carbonyl (C=O) groups is 1. The fourth-order valence-electron chi connectivity index (χ4n) is 6.35. The molecule has 1 heterocycles. The Bertz CT molecular complexity index is 1680. The number of benzene rings is 3. The van der Waals surface area contributed by atoms with Crippen molar-refractivity contribution in [2.75, 3.05) is 0 Å². The van der Waals surface area contributed by atoms with Crippen LogP contribution in [0.4, 0.5) is 0 Å². The second-order valence-electron chi connectivity index (χ2n) is 14.1. The summed E-state index contributed by atoms with van der Waals surface area (Å²) in [6.45, 7) is 21.3. The SMILES string of the molecule is CC(C)Cc1cccc2nc3c(cc12)C(C)(C)c1cccc2cc[c-]c-3c12.CCC(C)(CC)C(=O)/C=C(\O)C(C)(CC)CC.[Ir]. The maximum absolute atomic E-state index is 12.2. The fraction of sp³-hybridized carbons (Fsp3) is 0.463. The van der Waals surface area contributed by atoms with Gasteiger partial charge in [-0.15, -0.1) is 29.1 Å². The van der Waals surface area contributed by atoms with Gasteiger partial charge in [0.2, 0.25) is 0 Å². The van der Waals surface area contributed by atoms with Crippen molar-refractivity contribution in [2.45, 2.75) is 107 Å². The summed E-state index contributed by atoms with van der Waals surface area (Å²) in [5, 5.41) is 14.0. The van der Waals surface area contributed by atoms with Gasteiger partial charge >= 0.3 is 0 Å². The minimum atomic E-state index is -0.337. The molecule has 5 rings (SSSR count). The molecule has 0 unspecified atom stereocenters. The zero-order chi connectivity index (χ0) is 32.4. The predicted octanol–water partition coefficient (Wildman–Crippen LogP) is 11.3. The van der Waals surface area contributed by atoms with Crippen molar-refractivity contribution in [3.63, 3.8) is 0 Å². The minimum Gasteiger partial charge on any atom is -0.512 e. The van der Waals surface area contributed by atoms with Crippen molar-refractivity contribution >= 4 is 27.5 Å². The number of allylic oxidation sites excluding steroid dienone is 2. The van der Waals surface area contributed by atoms with Crippen molar-refractivity contribution in [3.8, 4) is 11.3 Å². The molecule has 243 valence electrons. The van der Waals surface area contributed by atoms with Crippen molar-refractivity contribution < 1.29 is 30.0 Å². The van der Waals surface area contributed by atoms with Gasteiger partial charge in [0.05, 0.1) is 5.52 Å². The maximum atomic E-state index is 12.2. The molecule has 0 spiro atoms. The van der Waals surface area contributed by atoms with E-state index >= 15 is 0 Å². The number of aliphatic hydroxyl groups is 1. The molecule has 1 aliphatic rings. The van der Waals surface area contributed by atoms with Gasteiger partial charge in [-0.3, -0.25) is 9.78 Å². The Kier molecular flexibility index (Phi) is 11.7. The Balaban J connectivity index is 0.000000270. The first-order valence-electron chi connectivity index (χ1n) is 16.6. The number of fused-ring (bicyclic) bond motifs is 3. The molecule has 1 N–H and O–H groups in total. The summed E-state index contributed by atoms with van der Waals surface area (Å²) in [6.07, 6.45) is 5.83. The number of aromatic nitrogens is 1. The predicted molar refractivity (Wildman–Crippen MR) is 187 cm³/mol. The zero-order valence-corrected chi connectivity index (χ0v) is 31.4. The Morgan fingerprint density at radius 3 is 2.16 bits per heavy atom. The summed E-state index contributed by atoms with van der Waals surface area (Å²) in [7, 11) is 0. The van der Waals surface area contributed by atoms with E-state index in [1.54, 1.807) is 0 Å². The normalized spacial score (nSPS) is 14.1. The van der Waals surface area contributed by atoms with E-state index in [9.17, 15) is 9.90 Å². The van der Waals surface area contributed by atoms with Gasteiger partial charge < -0.3 is 5.11 Å². The summed E-state index contributed by atoms with van der Waals surface area (Å²) in [5.41, 5.74) is 6.74. The first kappa shape index (κ1) is 36.7. The van der Waals surface area contributed by atoms with Crippen LogP contribution in [0.3, 0.4) is 0 Å². The van der Waals surface area contributed by atoms with Crippen LogP contribution in [0.15, 0.2) is 66.4 Å². The van der Waals surface area contributed by atoms with Gasteiger partial charge in [0.15, 0.2) is 5.78 Å². The molecule has 1 radical (unpaired) electrons. The number of nitrogens with zero attached hydrogens (tertiary/aromatic N) is 1. The topological polar surface area (TPSA) is 50.2 Å². The third kappa shape index (κ3) is 6.98. The largest absolute Gasteiger partial charge is 0.512 e. The van der Waals surface area contributed by atoms with Crippen molar-refractivity contribution in [1.82, 2.24) is 4.98 Å². The van der Waals surface area contributed by atoms with Crippen molar-refractivity contribution in [1.29, 1.82) is 0 Å². The quantitative estimate of drug-likeness (QED) is 0.105. The van der Waals surface area contributed by atoms with Gasteiger partial charge in [0, 0.05) is 47.8 Å². The Hall–Kier alpha value is -2.81. The van der Waals surface area contributed by atoms with E-state index in [0.29, 0.717) is 5.92 Å². The third-order valence-electron chi connectivity index (χ3n) is 10.6. The van der Waals surface area contributed by atoms with Gasteiger partial charge in [-0.05, 0) is 55.3 Å². The van der Waals surface area contributed by atoms with E-state index in [1.807, 2.05) is 47.6 Å². The smallest absolute Gasteiger partial charge is 0.164 e. The van der Waals surface area contributed by atoms with E-state index in [4.69, 9.17) is 4.98 Å². The van der Waals surface area contributed by atoms with E-state index in [2.05, 4.69) is 82.3 Å². The summed E-state index contributed by atoms with van der Waals surface area (Å²) in [5.74, 6) is 0.913. The zero-order valence-electron chi connectivity index (χ0n) is 29.0. The Labute approximate surface area is 285 Å². The average molecular weight is 783 g/mol. The number of aliphatic hydroxyl groups excluding tert-OH is 1. The molecule has 0 saturated heterocycles. The van der Waals surface area contributed by atoms with Crippen LogP contribution in [0.5, 0.6) is 0 Å². The fourth-order valence-corrected chi connectivity index (χ4v) is 6.35. The molecule has 0 amide bonds. The molecule has 4 heteroatoms. The van der Waals surface area contributed by atoms with Crippen LogP contribution >= 0.6 is 0 Å². The molecule has 0 saturated carbocycles. The number of hydrogen-bond acceptors (Lipinski definition) is 3. The molecular weight excluding hydrogens is 731 g/mol. The van der Waals surface area contributed by atoms with Crippen LogP contribution in [-0.4, -0.2) is 15.9 Å². The Morgan fingerprint density at radius 1 is 0.933 bits per heavy atom. The standard InChI is InChI=1S/C26H24N.C15H28O2.Ir/c1-16(2)14-18-10-7-13-23-20(18)15-22-25(27-23)19-11-5-8-17-9-6-12-21(24(17)19)26(22,3)4;1-7-14(5,8-2)12(16)11-13(17)15(6,9-3)10-4;/h5-10,12-13,15-16H,14H2,1-4H3;11,16H,7-10H2,1-6H3;/q-1;;/b;12-11-;. The molecule has 1 aliphatic carbocycles. The first-order valence-corrected chi connectivity index (χ1v) is 16.6. The number of pyridine rings is 1. The molecule has 4 aromatic rings. The van der Waals surface area contributed by atoms with Gasteiger partial charge in [-0.1, -0.05) is 122 Å². The van der Waals surface area contributed by atoms with Crippen LogP contribution in [0.2, 0.25) is 0 Å². The summed E-state index contributed by atoms with van der Waals surface area (Å²) in [6, 6.07) is 23.3. The number of rotatable bonds is 9. The molecule has 0 atom stereocenters. The monoisotopic (exact) mass is 783 g/mol. The number of hydrogen-bond donors (Lipinski definition) is 1. The minimum absolute atomic E-state index is 0. The van der Waals surface area contributed by atoms with Crippen LogP contribution in [-0.2, 0) is 36.7 Å². The summed E-state index contributed by atoms with van der Waals surface area (Å²) >= 11 is 0. The van der Waals surface area contributed by atoms with E-state index < -0.39 is 0 Å². The van der Waals surface area contributed by atoms with Crippen molar-refractivity contribution in [2.24, 2.45) is 16.7 Å². The average Bonchev–Trinajstić information content (AvgIpc) is 3.02. The Morgan fingerprint density at radius 2 is 1.56 bits per heavy atom. The first-order chi connectivity index (χ1) is 20.8. The van der Waals surface area contributed by atoms with E-state index in [1.165, 1.54) is 38.9 Å². The molecule has 3 aromatic carbocycles. The molecule has 45 heavy (non-hydrogen) atoms. The molecule has 1 aromatic heterocycles. The molecule has 3 nitrogen and oxygen atoms in total. The summed E-state index contributed by atoms with van der Waals surface area (Å²) < 4.78 is 0. The van der Waals surface area contributed by atoms with Gasteiger partial charge in [-0.25, -0.2) is 0 Å². The van der Waals surface area contributed by atoms with Crippen molar-refractivity contribution in [3.05, 3.63) is 89.2 Å². The van der Waals surface area contributed by atoms with Crippen LogP contribution < -0.4 is 0 Å².